The van der Waals surface area contributed by atoms with Gasteiger partial charge in [0.05, 0.1) is 24.6 Å². The van der Waals surface area contributed by atoms with Crippen LogP contribution in [0.4, 0.5) is 4.79 Å². The summed E-state index contributed by atoms with van der Waals surface area (Å²) in [6.07, 6.45) is -0.797. The van der Waals surface area contributed by atoms with Crippen LogP contribution in [0.3, 0.4) is 0 Å². The minimum absolute atomic E-state index is 0.0298. The lowest BCUT2D eigenvalue weighted by atomic mass is 9.96. The summed E-state index contributed by atoms with van der Waals surface area (Å²) < 4.78 is 5.27. The maximum atomic E-state index is 13.6. The minimum atomic E-state index is -1.33. The molecule has 0 bridgehead atoms. The Hall–Kier alpha value is -4.74. The van der Waals surface area contributed by atoms with Gasteiger partial charge in [0.1, 0.15) is 12.6 Å². The molecule has 1 saturated heterocycles. The van der Waals surface area contributed by atoms with E-state index in [0.29, 0.717) is 13.0 Å². The van der Waals surface area contributed by atoms with Crippen LogP contribution in [0.1, 0.15) is 50.3 Å². The van der Waals surface area contributed by atoms with Crippen LogP contribution in [0, 0.1) is 5.92 Å². The maximum Gasteiger partial charge on any atom is 0.408 e. The number of nitrogens with zero attached hydrogens (tertiary/aromatic N) is 1. The van der Waals surface area contributed by atoms with Crippen LogP contribution >= 0.6 is 0 Å². The Bertz CT molecular complexity index is 1520. The summed E-state index contributed by atoms with van der Waals surface area (Å²) >= 11 is 0. The van der Waals surface area contributed by atoms with Gasteiger partial charge >= 0.3 is 6.09 Å². The van der Waals surface area contributed by atoms with Gasteiger partial charge in [-0.15, -0.1) is 0 Å². The zero-order chi connectivity index (χ0) is 35.4. The number of benzene rings is 3. The molecule has 0 saturated carbocycles. The van der Waals surface area contributed by atoms with Gasteiger partial charge in [0, 0.05) is 18.6 Å². The first-order chi connectivity index (χ1) is 23.4. The number of primary amides is 1. The molecule has 5 atom stereocenters. The second-order valence-corrected chi connectivity index (χ2v) is 13.8. The van der Waals surface area contributed by atoms with Crippen molar-refractivity contribution in [2.24, 2.45) is 11.7 Å². The summed E-state index contributed by atoms with van der Waals surface area (Å²) in [4.78, 5) is 53.7. The number of hydrogen-bond acceptors (Lipinski definition) is 7. The first kappa shape index (κ1) is 37.1. The van der Waals surface area contributed by atoms with Crippen molar-refractivity contribution in [2.45, 2.75) is 82.8 Å². The third kappa shape index (κ3) is 12.3. The fourth-order valence-electron chi connectivity index (χ4n) is 6.14. The first-order valence-corrected chi connectivity index (χ1v) is 16.7. The second-order valence-electron chi connectivity index (χ2n) is 13.8. The molecule has 4 amide bonds. The van der Waals surface area contributed by atoms with Gasteiger partial charge in [-0.2, -0.15) is 0 Å². The number of amides is 4. The molecule has 49 heavy (non-hydrogen) atoms. The molecule has 1 heterocycles. The van der Waals surface area contributed by atoms with E-state index >= 15 is 0 Å². The lowest BCUT2D eigenvalue weighted by molar-refractivity contribution is -0.129. The number of nitrogens with one attached hydrogen (secondary N) is 3. The summed E-state index contributed by atoms with van der Waals surface area (Å²) in [5.41, 5.74) is 7.80. The lowest BCUT2D eigenvalue weighted by Gasteiger charge is -2.32. The van der Waals surface area contributed by atoms with Crippen molar-refractivity contribution < 1.29 is 29.0 Å². The zero-order valence-corrected chi connectivity index (χ0v) is 28.5. The zero-order valence-electron chi connectivity index (χ0n) is 28.5. The predicted octanol–water partition coefficient (Wildman–Crippen LogP) is 3.09. The molecule has 3 aromatic rings. The number of carbonyl (C=O) groups excluding carboxylic acids is 4. The number of alkyl carbamates (subject to hydrolysis) is 1. The average Bonchev–Trinajstić information content (AvgIpc) is 3.45. The molecule has 11 nitrogen and oxygen atoms in total. The van der Waals surface area contributed by atoms with E-state index in [-0.39, 0.29) is 31.4 Å². The van der Waals surface area contributed by atoms with Crippen molar-refractivity contribution in [1.29, 1.82) is 0 Å². The molecule has 0 aromatic heterocycles. The second kappa shape index (κ2) is 17.6. The number of hydrogen-bond donors (Lipinski definition) is 5. The van der Waals surface area contributed by atoms with E-state index < -0.39 is 54.1 Å². The van der Waals surface area contributed by atoms with Gasteiger partial charge < -0.3 is 31.5 Å². The van der Waals surface area contributed by atoms with Crippen molar-refractivity contribution in [2.75, 3.05) is 13.1 Å². The molecular weight excluding hydrogens is 622 g/mol. The Morgan fingerprint density at radius 1 is 0.878 bits per heavy atom. The predicted molar refractivity (Wildman–Crippen MR) is 187 cm³/mol. The summed E-state index contributed by atoms with van der Waals surface area (Å²) in [5, 5.41) is 20.2. The number of nitrogens with two attached hydrogens (primary N) is 1. The highest BCUT2D eigenvalue weighted by molar-refractivity contribution is 5.90. The number of β-amino-alcohol motifs (C(OH)–C–C–N with tert-alkyl or cyclic N) is 1. The quantitative estimate of drug-likeness (QED) is 0.166. The summed E-state index contributed by atoms with van der Waals surface area (Å²) in [6, 6.07) is 25.9. The summed E-state index contributed by atoms with van der Waals surface area (Å²) in [6.45, 7) is 6.45. The Morgan fingerprint density at radius 3 is 2.02 bits per heavy atom. The molecular formula is C38H49N5O6. The fourth-order valence-corrected chi connectivity index (χ4v) is 6.14. The number of aliphatic hydroxyl groups is 1. The molecule has 6 N–H and O–H groups in total. The van der Waals surface area contributed by atoms with E-state index in [9.17, 15) is 24.3 Å². The molecule has 0 spiro atoms. The van der Waals surface area contributed by atoms with Crippen LogP contribution in [0.2, 0.25) is 0 Å². The maximum absolute atomic E-state index is 13.6. The van der Waals surface area contributed by atoms with Gasteiger partial charge in [-0.3, -0.25) is 19.3 Å². The number of aliphatic hydroxyl groups excluding tert-OH is 1. The van der Waals surface area contributed by atoms with E-state index in [4.69, 9.17) is 10.5 Å². The number of ether oxygens (including phenoxy) is 1. The average molecular weight is 672 g/mol. The topological polar surface area (TPSA) is 163 Å². The normalized spacial score (nSPS) is 18.1. The molecule has 11 heteroatoms. The Balaban J connectivity index is 1.50. The van der Waals surface area contributed by atoms with Gasteiger partial charge in [-0.1, -0.05) is 91.0 Å². The summed E-state index contributed by atoms with van der Waals surface area (Å²) in [5.74, 6) is -1.42. The van der Waals surface area contributed by atoms with Gasteiger partial charge in [0.2, 0.25) is 17.7 Å². The van der Waals surface area contributed by atoms with Gasteiger partial charge in [-0.25, -0.2) is 4.79 Å². The number of rotatable bonds is 15. The van der Waals surface area contributed by atoms with E-state index in [0.717, 1.165) is 17.5 Å². The van der Waals surface area contributed by atoms with E-state index in [1.165, 1.54) is 5.56 Å². The molecule has 0 aliphatic carbocycles. The Kier molecular flexibility index (Phi) is 13.3. The molecule has 3 aromatic carbocycles. The van der Waals surface area contributed by atoms with Crippen LogP contribution in [-0.4, -0.2) is 76.7 Å². The molecule has 0 unspecified atom stereocenters. The van der Waals surface area contributed by atoms with E-state index in [2.05, 4.69) is 28.1 Å². The van der Waals surface area contributed by atoms with Crippen molar-refractivity contribution in [3.63, 3.8) is 0 Å². The fraction of sp³-hybridized carbons (Fsp3) is 0.421. The Morgan fingerprint density at radius 2 is 1.45 bits per heavy atom. The SMILES string of the molecule is CC(C)(C)NC(=O)[C@@H]1C[C@@H](Cc2ccccc2)CN1C[C@@H](O)[C@H](Cc1ccccc1)NC(=O)[C@H](CC(N)=O)NC(=O)OCc1ccccc1. The van der Waals surface area contributed by atoms with Gasteiger partial charge in [0.25, 0.3) is 0 Å². The minimum Gasteiger partial charge on any atom is -0.445 e. The molecule has 262 valence electrons. The summed E-state index contributed by atoms with van der Waals surface area (Å²) in [7, 11) is 0. The van der Waals surface area contributed by atoms with E-state index in [1.807, 2.05) is 92.4 Å². The molecule has 1 aliphatic rings. The van der Waals surface area contributed by atoms with Crippen molar-refractivity contribution in [3.05, 3.63) is 108 Å². The standard InChI is InChI=1S/C38H49N5O6/c1-38(2,3)42-36(47)32-21-29(19-26-13-7-4-8-14-26)23-43(32)24-33(44)30(20-27-15-9-5-10-16-27)40-35(46)31(22-34(39)45)41-37(48)49-25-28-17-11-6-12-18-28/h4-18,29-33,44H,19-25H2,1-3H3,(H2,39,45)(H,40,46)(H,41,48)(H,42,47)/t29-,30+,31+,32+,33-/m1/s1. The highest BCUT2D eigenvalue weighted by Gasteiger charge is 2.40. The number of likely N-dealkylation sites (tertiary alicyclic amines) is 1. The highest BCUT2D eigenvalue weighted by Crippen LogP contribution is 2.28. The molecule has 1 fully saturated rings. The smallest absolute Gasteiger partial charge is 0.408 e. The monoisotopic (exact) mass is 671 g/mol. The van der Waals surface area contributed by atoms with Crippen molar-refractivity contribution in [1.82, 2.24) is 20.9 Å². The largest absolute Gasteiger partial charge is 0.445 e. The Labute approximate surface area is 288 Å². The molecule has 4 rings (SSSR count). The van der Waals surface area contributed by atoms with E-state index in [1.54, 1.807) is 12.1 Å². The van der Waals surface area contributed by atoms with Crippen LogP contribution in [0.25, 0.3) is 0 Å². The van der Waals surface area contributed by atoms with Gasteiger partial charge in [-0.05, 0) is 62.6 Å². The van der Waals surface area contributed by atoms with Crippen molar-refractivity contribution >= 4 is 23.8 Å². The first-order valence-electron chi connectivity index (χ1n) is 16.7. The molecule has 1 aliphatic heterocycles. The third-order valence-corrected chi connectivity index (χ3v) is 8.40. The van der Waals surface area contributed by atoms with Gasteiger partial charge in [0.15, 0.2) is 0 Å². The lowest BCUT2D eigenvalue weighted by Crippen LogP contribution is -2.57. The number of carbonyl (C=O) groups is 4. The third-order valence-electron chi connectivity index (χ3n) is 8.40. The van der Waals surface area contributed by atoms with Crippen molar-refractivity contribution in [3.8, 4) is 0 Å². The van der Waals surface area contributed by atoms with Crippen LogP contribution in [0.5, 0.6) is 0 Å². The highest BCUT2D eigenvalue weighted by atomic mass is 16.5. The van der Waals surface area contributed by atoms with Crippen LogP contribution in [-0.2, 0) is 38.6 Å². The molecule has 0 radical (unpaired) electrons. The van der Waals surface area contributed by atoms with Crippen LogP contribution < -0.4 is 21.7 Å². The van der Waals surface area contributed by atoms with Crippen LogP contribution in [0.15, 0.2) is 91.0 Å².